The zero-order chi connectivity index (χ0) is 17.6. The predicted molar refractivity (Wildman–Crippen MR) is 100 cm³/mol. The lowest BCUT2D eigenvalue weighted by Gasteiger charge is -2.37. The smallest absolute Gasteiger partial charge is 0.142 e. The number of anilines is 1. The van der Waals surface area contributed by atoms with Crippen LogP contribution in [0.1, 0.15) is 26.2 Å². The zero-order valence-corrected chi connectivity index (χ0v) is 15.6. The topological polar surface area (TPSA) is 45.2 Å². The summed E-state index contributed by atoms with van der Waals surface area (Å²) < 4.78 is 11.4. The minimum atomic E-state index is -0.398. The summed E-state index contributed by atoms with van der Waals surface area (Å²) in [4.78, 5) is 4.69. The average Bonchev–Trinajstić information content (AvgIpc) is 3.05. The Balaban J connectivity index is 1.41. The fourth-order valence-corrected chi connectivity index (χ4v) is 4.01. The van der Waals surface area contributed by atoms with Crippen LogP contribution >= 0.6 is 0 Å². The number of aliphatic hydroxyl groups excluding tert-OH is 1. The molecule has 0 spiro atoms. The van der Waals surface area contributed by atoms with Gasteiger partial charge in [0.1, 0.15) is 5.75 Å². The third-order valence-corrected chi connectivity index (χ3v) is 5.55. The molecule has 0 aromatic heterocycles. The summed E-state index contributed by atoms with van der Waals surface area (Å²) in [5.41, 5.74) is 1.16. The van der Waals surface area contributed by atoms with Crippen molar-refractivity contribution < 1.29 is 14.6 Å². The molecule has 1 heterocycles. The maximum Gasteiger partial charge on any atom is 0.142 e. The Labute approximate surface area is 151 Å². The van der Waals surface area contributed by atoms with E-state index in [2.05, 4.69) is 28.9 Å². The highest BCUT2D eigenvalue weighted by molar-refractivity contribution is 5.58. The Bertz CT molecular complexity index is 531. The van der Waals surface area contributed by atoms with E-state index in [9.17, 15) is 5.11 Å². The summed E-state index contributed by atoms with van der Waals surface area (Å²) in [6.45, 7) is 7.22. The van der Waals surface area contributed by atoms with Gasteiger partial charge in [-0.1, -0.05) is 25.5 Å². The number of hydrogen-bond donors (Lipinski definition) is 1. The molecule has 3 rings (SSSR count). The maximum absolute atomic E-state index is 10.3. The second kappa shape index (κ2) is 8.88. The Morgan fingerprint density at radius 1 is 1.16 bits per heavy atom. The van der Waals surface area contributed by atoms with Crippen molar-refractivity contribution in [2.24, 2.45) is 5.92 Å². The molecule has 0 radical (unpaired) electrons. The number of piperazine rings is 1. The van der Waals surface area contributed by atoms with Crippen molar-refractivity contribution in [3.8, 4) is 5.75 Å². The van der Waals surface area contributed by atoms with Crippen molar-refractivity contribution >= 4 is 5.69 Å². The van der Waals surface area contributed by atoms with E-state index in [1.165, 1.54) is 12.8 Å². The van der Waals surface area contributed by atoms with Crippen LogP contribution in [0.2, 0.25) is 0 Å². The van der Waals surface area contributed by atoms with Crippen LogP contribution < -0.4 is 9.64 Å². The van der Waals surface area contributed by atoms with E-state index in [1.807, 2.05) is 12.1 Å². The van der Waals surface area contributed by atoms with E-state index in [0.717, 1.165) is 44.0 Å². The molecular weight excluding hydrogens is 316 g/mol. The Morgan fingerprint density at radius 2 is 1.92 bits per heavy atom. The predicted octanol–water partition coefficient (Wildman–Crippen LogP) is 2.38. The fourth-order valence-electron chi connectivity index (χ4n) is 4.01. The molecule has 3 atom stereocenters. The normalized spacial score (nSPS) is 26.0. The molecule has 1 aromatic rings. The van der Waals surface area contributed by atoms with Gasteiger partial charge in [0, 0.05) is 32.7 Å². The summed E-state index contributed by atoms with van der Waals surface area (Å²) in [7, 11) is 1.72. The van der Waals surface area contributed by atoms with Crippen molar-refractivity contribution in [2.75, 3.05) is 51.3 Å². The molecule has 1 aliphatic carbocycles. The molecule has 140 valence electrons. The van der Waals surface area contributed by atoms with E-state index in [1.54, 1.807) is 7.11 Å². The highest BCUT2D eigenvalue weighted by Crippen LogP contribution is 2.29. The molecule has 5 heteroatoms. The van der Waals surface area contributed by atoms with Crippen LogP contribution in [-0.2, 0) is 4.74 Å². The fraction of sp³-hybridized carbons (Fsp3) is 0.700. The van der Waals surface area contributed by atoms with Gasteiger partial charge in [-0.15, -0.1) is 0 Å². The molecule has 1 saturated heterocycles. The van der Waals surface area contributed by atoms with E-state index in [0.29, 0.717) is 25.2 Å². The van der Waals surface area contributed by atoms with Crippen LogP contribution in [0.3, 0.4) is 0 Å². The molecule has 1 aromatic carbocycles. The van der Waals surface area contributed by atoms with Gasteiger partial charge in [-0.2, -0.15) is 0 Å². The average molecular weight is 348 g/mol. The van der Waals surface area contributed by atoms with Gasteiger partial charge in [0.15, 0.2) is 0 Å². The van der Waals surface area contributed by atoms with Gasteiger partial charge in [-0.3, -0.25) is 4.90 Å². The van der Waals surface area contributed by atoms with E-state index in [-0.39, 0.29) is 0 Å². The highest BCUT2D eigenvalue weighted by atomic mass is 16.5. The van der Waals surface area contributed by atoms with Crippen LogP contribution in [0, 0.1) is 5.92 Å². The minimum absolute atomic E-state index is 0.344. The number of nitrogens with zero attached hydrogens (tertiary/aromatic N) is 2. The maximum atomic E-state index is 10.3. The summed E-state index contributed by atoms with van der Waals surface area (Å²) >= 11 is 0. The molecule has 1 N–H and O–H groups in total. The van der Waals surface area contributed by atoms with Crippen LogP contribution in [-0.4, -0.2) is 68.7 Å². The molecule has 1 aliphatic heterocycles. The van der Waals surface area contributed by atoms with Gasteiger partial charge in [-0.25, -0.2) is 0 Å². The molecule has 0 bridgehead atoms. The van der Waals surface area contributed by atoms with Crippen molar-refractivity contribution in [3.05, 3.63) is 24.3 Å². The summed E-state index contributed by atoms with van der Waals surface area (Å²) in [5.74, 6) is 1.56. The standard InChI is InChI=1S/C20H32N2O3/c1-16-6-5-9-19(16)25-15-17(23)14-21-10-12-22(13-11-21)18-7-3-4-8-20(18)24-2/h3-4,7-8,16-17,19,23H,5-6,9-15H2,1-2H3/t16-,17+,19+/m1/s1. The molecule has 25 heavy (non-hydrogen) atoms. The third-order valence-electron chi connectivity index (χ3n) is 5.55. The number of ether oxygens (including phenoxy) is 2. The van der Waals surface area contributed by atoms with Gasteiger partial charge in [0.25, 0.3) is 0 Å². The van der Waals surface area contributed by atoms with E-state index < -0.39 is 6.10 Å². The number of hydrogen-bond acceptors (Lipinski definition) is 5. The molecule has 0 amide bonds. The summed E-state index contributed by atoms with van der Waals surface area (Å²) in [5, 5.41) is 10.3. The van der Waals surface area contributed by atoms with Crippen LogP contribution in [0.15, 0.2) is 24.3 Å². The number of β-amino-alcohol motifs (C(OH)–C–C–N with tert-alkyl or cyclic N) is 1. The quantitative estimate of drug-likeness (QED) is 0.820. The van der Waals surface area contributed by atoms with E-state index in [4.69, 9.17) is 9.47 Å². The first-order valence-corrected chi connectivity index (χ1v) is 9.57. The van der Waals surface area contributed by atoms with Crippen molar-refractivity contribution in [3.63, 3.8) is 0 Å². The lowest BCUT2D eigenvalue weighted by molar-refractivity contribution is -0.0321. The molecule has 1 saturated carbocycles. The number of methoxy groups -OCH3 is 1. The second-order valence-corrected chi connectivity index (χ2v) is 7.39. The highest BCUT2D eigenvalue weighted by Gasteiger charge is 2.26. The Hall–Kier alpha value is -1.30. The van der Waals surface area contributed by atoms with Gasteiger partial charge in [0.05, 0.1) is 31.6 Å². The molecule has 0 unspecified atom stereocenters. The summed E-state index contributed by atoms with van der Waals surface area (Å²) in [6, 6.07) is 8.17. The molecular formula is C20H32N2O3. The molecule has 2 fully saturated rings. The van der Waals surface area contributed by atoms with Gasteiger partial charge in [0.2, 0.25) is 0 Å². The first kappa shape index (κ1) is 18.5. The second-order valence-electron chi connectivity index (χ2n) is 7.39. The first-order valence-electron chi connectivity index (χ1n) is 9.57. The van der Waals surface area contributed by atoms with Crippen LogP contribution in [0.25, 0.3) is 0 Å². The third kappa shape index (κ3) is 4.87. The zero-order valence-electron chi connectivity index (χ0n) is 15.6. The van der Waals surface area contributed by atoms with Gasteiger partial charge >= 0.3 is 0 Å². The lowest BCUT2D eigenvalue weighted by Crippen LogP contribution is -2.49. The lowest BCUT2D eigenvalue weighted by atomic mass is 10.1. The van der Waals surface area contributed by atoms with Crippen molar-refractivity contribution in [1.82, 2.24) is 4.90 Å². The van der Waals surface area contributed by atoms with E-state index >= 15 is 0 Å². The molecule has 2 aliphatic rings. The van der Waals surface area contributed by atoms with Crippen molar-refractivity contribution in [1.29, 1.82) is 0 Å². The Kier molecular flexibility index (Phi) is 6.57. The van der Waals surface area contributed by atoms with Crippen LogP contribution in [0.4, 0.5) is 5.69 Å². The number of benzene rings is 1. The minimum Gasteiger partial charge on any atom is -0.495 e. The van der Waals surface area contributed by atoms with Crippen molar-refractivity contribution in [2.45, 2.75) is 38.4 Å². The number of para-hydroxylation sites is 2. The number of rotatable bonds is 7. The monoisotopic (exact) mass is 348 g/mol. The van der Waals surface area contributed by atoms with Crippen LogP contribution in [0.5, 0.6) is 5.75 Å². The largest absolute Gasteiger partial charge is 0.495 e. The van der Waals surface area contributed by atoms with Gasteiger partial charge in [-0.05, 0) is 30.9 Å². The first-order chi connectivity index (χ1) is 12.2. The summed E-state index contributed by atoms with van der Waals surface area (Å²) in [6.07, 6.45) is 3.60. The number of aliphatic hydroxyl groups is 1. The molecule has 5 nitrogen and oxygen atoms in total. The van der Waals surface area contributed by atoms with Gasteiger partial charge < -0.3 is 19.5 Å². The Morgan fingerprint density at radius 3 is 2.60 bits per heavy atom. The SMILES string of the molecule is COc1ccccc1N1CCN(C[C@H](O)CO[C@H]2CCC[C@H]2C)CC1.